The van der Waals surface area contributed by atoms with E-state index in [0.29, 0.717) is 5.82 Å². The average Bonchev–Trinajstić information content (AvgIpc) is 3.49. The Morgan fingerprint density at radius 2 is 1.18 bits per heavy atom. The zero-order chi connectivity index (χ0) is 33.5. The molecule has 2 heterocycles. The standard InChI is InChI=1S/C48H30N2O/c1-2-12-30(13-3-1)42-29-43(35-26-32-16-10-14-31-15-11-17-33(27-35)46(31)32)50-47(49-42)34-24-25-45-41(28-34)48(40-22-8-9-23-44(40)51-45)38-20-6-4-18-36(38)37-19-5-7-21-39(37)48/h1-14,16-29H,15H2. The van der Waals surface area contributed by atoms with E-state index in [-0.39, 0.29) is 0 Å². The quantitative estimate of drug-likeness (QED) is 0.191. The second-order valence-electron chi connectivity index (χ2n) is 13.7. The minimum absolute atomic E-state index is 0.557. The van der Waals surface area contributed by atoms with E-state index in [1.165, 1.54) is 44.2 Å². The molecule has 0 unspecified atom stereocenters. The largest absolute Gasteiger partial charge is 0.457 e. The van der Waals surface area contributed by atoms with Crippen molar-refractivity contribution in [2.45, 2.75) is 11.8 Å². The molecule has 3 nitrogen and oxygen atoms in total. The van der Waals surface area contributed by atoms with Gasteiger partial charge in [-0.1, -0.05) is 127 Å². The molecule has 0 N–H and O–H groups in total. The van der Waals surface area contributed by atoms with Crippen molar-refractivity contribution in [1.29, 1.82) is 0 Å². The van der Waals surface area contributed by atoms with Crippen molar-refractivity contribution in [3.8, 4) is 56.5 Å². The summed E-state index contributed by atoms with van der Waals surface area (Å²) in [6.45, 7) is 0. The van der Waals surface area contributed by atoms with Gasteiger partial charge in [-0.25, -0.2) is 9.97 Å². The molecule has 2 aliphatic carbocycles. The van der Waals surface area contributed by atoms with Crippen LogP contribution in [0.4, 0.5) is 0 Å². The summed E-state index contributed by atoms with van der Waals surface area (Å²) < 4.78 is 6.71. The third kappa shape index (κ3) is 4.06. The highest BCUT2D eigenvalue weighted by molar-refractivity contribution is 5.98. The molecule has 3 aliphatic rings. The normalized spacial score (nSPS) is 14.0. The lowest BCUT2D eigenvalue weighted by Gasteiger charge is -2.39. The van der Waals surface area contributed by atoms with E-state index in [2.05, 4.69) is 164 Å². The predicted octanol–water partition coefficient (Wildman–Crippen LogP) is 11.7. The van der Waals surface area contributed by atoms with Crippen LogP contribution in [0.15, 0.2) is 164 Å². The smallest absolute Gasteiger partial charge is 0.160 e. The molecular formula is C48H30N2O. The fourth-order valence-electron chi connectivity index (χ4n) is 8.78. The van der Waals surface area contributed by atoms with E-state index in [4.69, 9.17) is 14.7 Å². The third-order valence-electron chi connectivity index (χ3n) is 10.9. The van der Waals surface area contributed by atoms with E-state index in [1.54, 1.807) is 0 Å². The van der Waals surface area contributed by atoms with Crippen LogP contribution in [0.2, 0.25) is 0 Å². The molecule has 7 aromatic carbocycles. The Morgan fingerprint density at radius 3 is 1.98 bits per heavy atom. The SMILES string of the molecule is C1=Cc2cc(-c3cc(-c4ccccc4)nc(-c4ccc5c(c4)C4(c6ccccc6O5)c5ccccc5-c5ccccc54)n3)cc3cccc(c23)C1. The van der Waals surface area contributed by atoms with Crippen LogP contribution in [-0.2, 0) is 11.8 Å². The lowest BCUT2D eigenvalue weighted by molar-refractivity contribution is 0.436. The highest BCUT2D eigenvalue weighted by Gasteiger charge is 2.51. The number of benzene rings is 7. The molecule has 0 amide bonds. The van der Waals surface area contributed by atoms with Gasteiger partial charge in [0, 0.05) is 27.8 Å². The molecule has 0 fully saturated rings. The number of hydrogen-bond donors (Lipinski definition) is 0. The van der Waals surface area contributed by atoms with Crippen molar-refractivity contribution in [2.24, 2.45) is 0 Å². The number of ether oxygens (including phenoxy) is 1. The molecule has 11 rings (SSSR count). The van der Waals surface area contributed by atoms with Crippen molar-refractivity contribution in [3.63, 3.8) is 0 Å². The van der Waals surface area contributed by atoms with Crippen molar-refractivity contribution in [3.05, 3.63) is 197 Å². The van der Waals surface area contributed by atoms with Crippen LogP contribution >= 0.6 is 0 Å². The molecule has 8 aromatic rings. The Hall–Kier alpha value is -6.58. The molecule has 1 spiro atoms. The summed E-state index contributed by atoms with van der Waals surface area (Å²) in [5.41, 5.74) is 14.2. The summed E-state index contributed by atoms with van der Waals surface area (Å²) in [6, 6.07) is 56.3. The summed E-state index contributed by atoms with van der Waals surface area (Å²) in [7, 11) is 0. The van der Waals surface area contributed by atoms with Gasteiger partial charge in [0.15, 0.2) is 5.82 Å². The number of aromatic nitrogens is 2. The molecule has 1 aliphatic heterocycles. The fourth-order valence-corrected chi connectivity index (χ4v) is 8.78. The maximum atomic E-state index is 6.71. The van der Waals surface area contributed by atoms with Crippen LogP contribution in [0.1, 0.15) is 33.4 Å². The van der Waals surface area contributed by atoms with Gasteiger partial charge in [0.1, 0.15) is 11.5 Å². The molecule has 0 bridgehead atoms. The minimum Gasteiger partial charge on any atom is -0.457 e. The van der Waals surface area contributed by atoms with Gasteiger partial charge in [0.25, 0.3) is 0 Å². The van der Waals surface area contributed by atoms with Crippen molar-refractivity contribution < 1.29 is 4.74 Å². The van der Waals surface area contributed by atoms with Crippen LogP contribution in [0, 0.1) is 0 Å². The Labute approximate surface area is 296 Å². The maximum absolute atomic E-state index is 6.71. The highest BCUT2D eigenvalue weighted by atomic mass is 16.5. The topological polar surface area (TPSA) is 35.0 Å². The Morgan fingerprint density at radius 1 is 0.490 bits per heavy atom. The van der Waals surface area contributed by atoms with Crippen LogP contribution < -0.4 is 4.74 Å². The maximum Gasteiger partial charge on any atom is 0.160 e. The van der Waals surface area contributed by atoms with Gasteiger partial charge < -0.3 is 4.74 Å². The van der Waals surface area contributed by atoms with Crippen molar-refractivity contribution >= 4 is 16.8 Å². The van der Waals surface area contributed by atoms with Crippen LogP contribution in [-0.4, -0.2) is 9.97 Å². The third-order valence-corrected chi connectivity index (χ3v) is 10.9. The van der Waals surface area contributed by atoms with Gasteiger partial charge in [0.2, 0.25) is 0 Å². The Bertz CT molecular complexity index is 2720. The van der Waals surface area contributed by atoms with E-state index >= 15 is 0 Å². The lowest BCUT2D eigenvalue weighted by atomic mass is 9.66. The minimum atomic E-state index is -0.557. The highest BCUT2D eigenvalue weighted by Crippen LogP contribution is 2.62. The van der Waals surface area contributed by atoms with E-state index in [9.17, 15) is 0 Å². The number of nitrogens with zero attached hydrogens (tertiary/aromatic N) is 2. The number of hydrogen-bond acceptors (Lipinski definition) is 3. The first-order chi connectivity index (χ1) is 25.3. The summed E-state index contributed by atoms with van der Waals surface area (Å²) in [5.74, 6) is 2.41. The van der Waals surface area contributed by atoms with E-state index in [1.807, 2.05) is 6.07 Å². The Balaban J connectivity index is 1.17. The van der Waals surface area contributed by atoms with Gasteiger partial charge >= 0.3 is 0 Å². The van der Waals surface area contributed by atoms with Gasteiger partial charge in [-0.3, -0.25) is 0 Å². The van der Waals surface area contributed by atoms with Gasteiger partial charge in [-0.2, -0.15) is 0 Å². The molecule has 1 aromatic heterocycles. The second-order valence-corrected chi connectivity index (χ2v) is 13.7. The summed E-state index contributed by atoms with van der Waals surface area (Å²) in [4.78, 5) is 10.6. The molecule has 0 atom stereocenters. The Kier molecular flexibility index (Phi) is 5.94. The predicted molar refractivity (Wildman–Crippen MR) is 206 cm³/mol. The summed E-state index contributed by atoms with van der Waals surface area (Å²) in [5, 5.41) is 2.56. The molecule has 0 saturated heterocycles. The summed E-state index contributed by atoms with van der Waals surface area (Å²) in [6.07, 6.45) is 5.46. The average molecular weight is 651 g/mol. The molecule has 0 radical (unpaired) electrons. The zero-order valence-electron chi connectivity index (χ0n) is 27.7. The van der Waals surface area contributed by atoms with Crippen LogP contribution in [0.3, 0.4) is 0 Å². The van der Waals surface area contributed by atoms with Gasteiger partial charge in [-0.15, -0.1) is 0 Å². The molecule has 238 valence electrons. The first kappa shape index (κ1) is 28.3. The van der Waals surface area contributed by atoms with Gasteiger partial charge in [0.05, 0.1) is 16.8 Å². The number of allylic oxidation sites excluding steroid dienone is 1. The zero-order valence-corrected chi connectivity index (χ0v) is 27.7. The van der Waals surface area contributed by atoms with Crippen LogP contribution in [0.5, 0.6) is 11.5 Å². The monoisotopic (exact) mass is 650 g/mol. The molecule has 51 heavy (non-hydrogen) atoms. The number of para-hydroxylation sites is 1. The number of rotatable bonds is 3. The first-order valence-electron chi connectivity index (χ1n) is 17.5. The van der Waals surface area contributed by atoms with Gasteiger partial charge in [-0.05, 0) is 93.0 Å². The fraction of sp³-hybridized carbons (Fsp3) is 0.0417. The first-order valence-corrected chi connectivity index (χ1v) is 17.5. The lowest BCUT2D eigenvalue weighted by Crippen LogP contribution is -2.32. The van der Waals surface area contributed by atoms with E-state index in [0.717, 1.165) is 57.1 Å². The van der Waals surface area contributed by atoms with Crippen LogP contribution in [0.25, 0.3) is 61.9 Å². The second kappa shape index (κ2) is 10.7. The van der Waals surface area contributed by atoms with E-state index < -0.39 is 5.41 Å². The van der Waals surface area contributed by atoms with Crippen molar-refractivity contribution in [1.82, 2.24) is 9.97 Å². The number of fused-ring (bicyclic) bond motifs is 9. The summed E-state index contributed by atoms with van der Waals surface area (Å²) >= 11 is 0. The molecular weight excluding hydrogens is 621 g/mol. The molecule has 0 saturated carbocycles. The van der Waals surface area contributed by atoms with Crippen molar-refractivity contribution in [2.75, 3.05) is 0 Å². The molecule has 3 heteroatoms.